The van der Waals surface area contributed by atoms with Crippen molar-refractivity contribution >= 4 is 40.3 Å². The maximum Gasteiger partial charge on any atom is 0.130 e. The van der Waals surface area contributed by atoms with Crippen molar-refractivity contribution in [1.29, 1.82) is 0 Å². The molecule has 1 N–H and O–H groups in total. The fourth-order valence-electron chi connectivity index (χ4n) is 3.38. The van der Waals surface area contributed by atoms with Gasteiger partial charge in [0.2, 0.25) is 0 Å². The summed E-state index contributed by atoms with van der Waals surface area (Å²) in [7, 11) is 0. The highest BCUT2D eigenvalue weighted by molar-refractivity contribution is 7.99. The number of ether oxygens (including phenoxy) is 1. The molecule has 0 fully saturated rings. The van der Waals surface area contributed by atoms with Crippen molar-refractivity contribution in [2.75, 3.05) is 17.6 Å². The molecule has 148 valence electrons. The van der Waals surface area contributed by atoms with Gasteiger partial charge in [0, 0.05) is 34.5 Å². The largest absolute Gasteiger partial charge is 0.487 e. The Balaban J connectivity index is 1.27. The van der Waals surface area contributed by atoms with Gasteiger partial charge in [-0.1, -0.05) is 36.4 Å². The second kappa shape index (κ2) is 8.59. The summed E-state index contributed by atoms with van der Waals surface area (Å²) in [4.78, 5) is 10.6. The molecule has 30 heavy (non-hydrogen) atoms. The first kappa shape index (κ1) is 18.7. The second-order valence-electron chi connectivity index (χ2n) is 7.07. The van der Waals surface area contributed by atoms with Gasteiger partial charge in [-0.15, -0.1) is 11.8 Å². The van der Waals surface area contributed by atoms with Gasteiger partial charge in [-0.05, 0) is 48.0 Å². The first-order valence-corrected chi connectivity index (χ1v) is 10.9. The van der Waals surface area contributed by atoms with Gasteiger partial charge >= 0.3 is 0 Å². The molecule has 0 unspecified atom stereocenters. The zero-order chi connectivity index (χ0) is 20.2. The van der Waals surface area contributed by atoms with Gasteiger partial charge in [0.05, 0.1) is 16.9 Å². The number of thioether (sulfide) groups is 1. The van der Waals surface area contributed by atoms with Crippen molar-refractivity contribution in [1.82, 2.24) is 4.98 Å². The molecule has 0 radical (unpaired) electrons. The summed E-state index contributed by atoms with van der Waals surface area (Å²) in [6.45, 7) is 1.45. The van der Waals surface area contributed by atoms with Crippen molar-refractivity contribution in [2.45, 2.75) is 11.5 Å². The summed E-state index contributed by atoms with van der Waals surface area (Å²) in [5.74, 6) is 1.89. The summed E-state index contributed by atoms with van der Waals surface area (Å²) in [5.41, 5.74) is 5.05. The third kappa shape index (κ3) is 4.31. The van der Waals surface area contributed by atoms with Gasteiger partial charge in [0.25, 0.3) is 0 Å². The monoisotopic (exact) mass is 411 g/mol. The molecule has 2 heterocycles. The van der Waals surface area contributed by atoms with Crippen LogP contribution >= 0.6 is 11.8 Å². The maximum absolute atomic E-state index is 5.97. The van der Waals surface area contributed by atoms with E-state index in [1.807, 2.05) is 72.6 Å². The van der Waals surface area contributed by atoms with Crippen molar-refractivity contribution in [2.24, 2.45) is 4.99 Å². The minimum absolute atomic E-state index is 0.431. The van der Waals surface area contributed by atoms with Crippen molar-refractivity contribution < 1.29 is 4.74 Å². The molecule has 1 aliphatic rings. The lowest BCUT2D eigenvalue weighted by atomic mass is 10.2. The van der Waals surface area contributed by atoms with E-state index in [1.165, 1.54) is 10.6 Å². The molecule has 5 heteroatoms. The van der Waals surface area contributed by atoms with E-state index < -0.39 is 0 Å². The van der Waals surface area contributed by atoms with E-state index in [9.17, 15) is 0 Å². The Kier molecular flexibility index (Phi) is 5.36. The van der Waals surface area contributed by atoms with Crippen LogP contribution in [0.25, 0.3) is 10.9 Å². The number of nitrogens with one attached hydrogen (secondary N) is 1. The van der Waals surface area contributed by atoms with Gasteiger partial charge in [0.1, 0.15) is 12.4 Å². The molecule has 0 saturated carbocycles. The summed E-state index contributed by atoms with van der Waals surface area (Å²) in [6.07, 6.45) is 1.88. The van der Waals surface area contributed by atoms with Crippen molar-refractivity contribution in [3.63, 3.8) is 0 Å². The molecular formula is C25H21N3OS. The predicted molar refractivity (Wildman–Crippen MR) is 125 cm³/mol. The van der Waals surface area contributed by atoms with Gasteiger partial charge in [0.15, 0.2) is 0 Å². The van der Waals surface area contributed by atoms with E-state index >= 15 is 0 Å². The zero-order valence-electron chi connectivity index (χ0n) is 16.4. The molecule has 0 aliphatic carbocycles. The number of hydrogen-bond acceptors (Lipinski definition) is 5. The lowest BCUT2D eigenvalue weighted by molar-refractivity contribution is 0.302. The van der Waals surface area contributed by atoms with E-state index in [2.05, 4.69) is 39.6 Å². The molecule has 0 bridgehead atoms. The second-order valence-corrected chi connectivity index (χ2v) is 8.21. The van der Waals surface area contributed by atoms with E-state index in [0.29, 0.717) is 6.61 Å². The van der Waals surface area contributed by atoms with Crippen LogP contribution in [0.1, 0.15) is 11.3 Å². The highest BCUT2D eigenvalue weighted by Gasteiger charge is 2.08. The van der Waals surface area contributed by atoms with Gasteiger partial charge in [-0.25, -0.2) is 4.98 Å². The smallest absolute Gasteiger partial charge is 0.130 e. The molecular weight excluding hydrogens is 390 g/mol. The van der Waals surface area contributed by atoms with E-state index in [-0.39, 0.29) is 0 Å². The summed E-state index contributed by atoms with van der Waals surface area (Å²) in [5, 5.41) is 4.55. The Morgan fingerprint density at radius 2 is 1.97 bits per heavy atom. The van der Waals surface area contributed by atoms with Crippen LogP contribution in [-0.2, 0) is 6.61 Å². The molecule has 5 rings (SSSR count). The Morgan fingerprint density at radius 3 is 2.97 bits per heavy atom. The molecule has 4 nitrogen and oxygen atoms in total. The van der Waals surface area contributed by atoms with Gasteiger partial charge in [-0.3, -0.25) is 4.99 Å². The van der Waals surface area contributed by atoms with Crippen LogP contribution in [-0.4, -0.2) is 23.5 Å². The van der Waals surface area contributed by atoms with Crippen LogP contribution < -0.4 is 10.1 Å². The lowest BCUT2D eigenvalue weighted by Gasteiger charge is -2.17. The molecule has 1 aromatic heterocycles. The first-order valence-electron chi connectivity index (χ1n) is 9.96. The van der Waals surface area contributed by atoms with E-state index in [1.54, 1.807) is 0 Å². The number of rotatable bonds is 5. The normalized spacial score (nSPS) is 13.2. The topological polar surface area (TPSA) is 46.5 Å². The molecule has 0 spiro atoms. The lowest BCUT2D eigenvalue weighted by Crippen LogP contribution is -2.09. The Labute approximate surface area is 180 Å². The average Bonchev–Trinajstić information content (AvgIpc) is 2.81. The number of hydrogen-bond donors (Lipinski definition) is 1. The minimum atomic E-state index is 0.431. The summed E-state index contributed by atoms with van der Waals surface area (Å²) < 4.78 is 5.97. The van der Waals surface area contributed by atoms with Crippen LogP contribution in [0, 0.1) is 0 Å². The quantitative estimate of drug-likeness (QED) is 0.404. The van der Waals surface area contributed by atoms with Crippen molar-refractivity contribution in [3.05, 3.63) is 90.1 Å². The van der Waals surface area contributed by atoms with Crippen molar-refractivity contribution in [3.8, 4) is 5.75 Å². The van der Waals surface area contributed by atoms with Crippen LogP contribution in [0.3, 0.4) is 0 Å². The highest BCUT2D eigenvalue weighted by Crippen LogP contribution is 2.33. The van der Waals surface area contributed by atoms with Gasteiger partial charge < -0.3 is 10.1 Å². The maximum atomic E-state index is 5.97. The molecule has 1 aliphatic heterocycles. The number of benzene rings is 3. The van der Waals surface area contributed by atoms with E-state index in [4.69, 9.17) is 4.74 Å². The number of aliphatic imine (C=N–C) groups is 1. The standard InChI is InChI=1S/C25H21N3OS/c1-2-7-23-19(5-1)8-9-21(28-23)17-29-22-6-3-4-18(14-22)16-27-20-10-11-24-25(15-20)30-13-12-26-24/h1-11,14-16,26H,12-13,17H2. The molecule has 3 aromatic carbocycles. The minimum Gasteiger partial charge on any atom is -0.487 e. The number of para-hydroxylation sites is 1. The SMILES string of the molecule is C(=Nc1ccc2c(c1)SCCN2)c1cccc(OCc2ccc3ccccc3n2)c1. The fraction of sp³-hybridized carbons (Fsp3) is 0.120. The van der Waals surface area contributed by atoms with Crippen LogP contribution in [0.15, 0.2) is 88.8 Å². The molecule has 4 aromatic rings. The fourth-order valence-corrected chi connectivity index (χ4v) is 4.31. The molecule has 0 atom stereocenters. The number of fused-ring (bicyclic) bond motifs is 2. The van der Waals surface area contributed by atoms with Gasteiger partial charge in [-0.2, -0.15) is 0 Å². The van der Waals surface area contributed by atoms with Crippen LogP contribution in [0.2, 0.25) is 0 Å². The predicted octanol–water partition coefficient (Wildman–Crippen LogP) is 6.08. The summed E-state index contributed by atoms with van der Waals surface area (Å²) in [6, 6.07) is 26.4. The van der Waals surface area contributed by atoms with Crippen LogP contribution in [0.4, 0.5) is 11.4 Å². The molecule has 0 amide bonds. The number of anilines is 1. The third-order valence-corrected chi connectivity index (χ3v) is 5.96. The van der Waals surface area contributed by atoms with E-state index in [0.717, 1.165) is 45.9 Å². The average molecular weight is 412 g/mol. The third-order valence-electron chi connectivity index (χ3n) is 4.90. The molecule has 0 saturated heterocycles. The number of pyridine rings is 1. The number of aromatic nitrogens is 1. The highest BCUT2D eigenvalue weighted by atomic mass is 32.2. The Bertz CT molecular complexity index is 1220. The Morgan fingerprint density at radius 1 is 1.00 bits per heavy atom. The van der Waals surface area contributed by atoms with Crippen LogP contribution in [0.5, 0.6) is 5.75 Å². The Hall–Kier alpha value is -3.31. The summed E-state index contributed by atoms with van der Waals surface area (Å²) >= 11 is 1.87. The zero-order valence-corrected chi connectivity index (χ0v) is 17.2. The first-order chi connectivity index (χ1) is 14.8. The number of nitrogens with zero attached hydrogens (tertiary/aromatic N) is 2.